The summed E-state index contributed by atoms with van der Waals surface area (Å²) in [6.45, 7) is 0.597. The number of carbonyl (C=O) groups is 1. The lowest BCUT2D eigenvalue weighted by Crippen LogP contribution is -2.23. The number of ether oxygens (including phenoxy) is 1. The Morgan fingerprint density at radius 3 is 2.81 bits per heavy atom. The van der Waals surface area contributed by atoms with E-state index in [0.717, 1.165) is 17.5 Å². The van der Waals surface area contributed by atoms with Gasteiger partial charge >= 0.3 is 0 Å². The van der Waals surface area contributed by atoms with Gasteiger partial charge in [0, 0.05) is 29.7 Å². The van der Waals surface area contributed by atoms with Crippen LogP contribution in [0.1, 0.15) is 11.1 Å². The highest BCUT2D eigenvalue weighted by atomic mass is 16.5. The second-order valence-corrected chi connectivity index (χ2v) is 5.75. The van der Waals surface area contributed by atoms with Crippen molar-refractivity contribution >= 4 is 22.9 Å². The first-order valence-corrected chi connectivity index (χ1v) is 8.37. The number of H-pyrrole nitrogens is 1. The van der Waals surface area contributed by atoms with Crippen LogP contribution < -0.4 is 10.1 Å². The topological polar surface area (TPSA) is 77.9 Å². The number of nitriles is 1. The van der Waals surface area contributed by atoms with Crippen molar-refractivity contribution in [2.45, 2.75) is 6.42 Å². The standard InChI is InChI=1S/C21H19N3O2/c22-12-14-26-18-8-5-16(6-9-18)7-10-21(25)23-13-11-17-15-24-20-4-2-1-3-19(17)20/h1-10,15,24H,11,13-14H2,(H,23,25)/b10-7+. The van der Waals surface area contributed by atoms with Gasteiger partial charge in [0.25, 0.3) is 0 Å². The lowest BCUT2D eigenvalue weighted by atomic mass is 10.1. The van der Waals surface area contributed by atoms with Crippen molar-refractivity contribution in [1.82, 2.24) is 10.3 Å². The van der Waals surface area contributed by atoms with Crippen LogP contribution in [-0.4, -0.2) is 24.0 Å². The van der Waals surface area contributed by atoms with Gasteiger partial charge in [-0.3, -0.25) is 4.79 Å². The summed E-state index contributed by atoms with van der Waals surface area (Å²) in [5, 5.41) is 12.6. The maximum Gasteiger partial charge on any atom is 0.244 e. The van der Waals surface area contributed by atoms with E-state index in [1.807, 2.05) is 42.6 Å². The molecule has 3 rings (SSSR count). The van der Waals surface area contributed by atoms with Gasteiger partial charge in [0.2, 0.25) is 5.91 Å². The minimum atomic E-state index is -0.130. The van der Waals surface area contributed by atoms with Gasteiger partial charge in [-0.1, -0.05) is 30.3 Å². The SMILES string of the molecule is N#CCOc1ccc(/C=C/C(=O)NCCc2c[nH]c3ccccc23)cc1. The third kappa shape index (κ3) is 4.52. The molecule has 1 amide bonds. The van der Waals surface area contributed by atoms with Gasteiger partial charge in [-0.05, 0) is 41.8 Å². The number of aromatic nitrogens is 1. The number of benzene rings is 2. The van der Waals surface area contributed by atoms with E-state index in [0.29, 0.717) is 12.3 Å². The first-order valence-electron chi connectivity index (χ1n) is 8.37. The van der Waals surface area contributed by atoms with Crippen molar-refractivity contribution in [2.24, 2.45) is 0 Å². The molecule has 5 nitrogen and oxygen atoms in total. The minimum absolute atomic E-state index is 0.0218. The van der Waals surface area contributed by atoms with Crippen LogP contribution in [0, 0.1) is 11.3 Å². The summed E-state index contributed by atoms with van der Waals surface area (Å²) in [4.78, 5) is 15.2. The van der Waals surface area contributed by atoms with Gasteiger partial charge in [0.05, 0.1) is 0 Å². The van der Waals surface area contributed by atoms with Gasteiger partial charge < -0.3 is 15.0 Å². The van der Waals surface area contributed by atoms with Gasteiger partial charge in [0.1, 0.15) is 11.8 Å². The summed E-state index contributed by atoms with van der Waals surface area (Å²) in [5.41, 5.74) is 3.19. The molecule has 2 N–H and O–H groups in total. The van der Waals surface area contributed by atoms with Gasteiger partial charge in [-0.25, -0.2) is 0 Å². The Morgan fingerprint density at radius 1 is 1.19 bits per heavy atom. The van der Waals surface area contributed by atoms with E-state index in [9.17, 15) is 4.79 Å². The summed E-state index contributed by atoms with van der Waals surface area (Å²) < 4.78 is 5.19. The third-order valence-electron chi connectivity index (χ3n) is 3.98. The number of aromatic amines is 1. The number of carbonyl (C=O) groups excluding carboxylic acids is 1. The maximum absolute atomic E-state index is 12.0. The van der Waals surface area contributed by atoms with Crippen LogP contribution in [0.5, 0.6) is 5.75 Å². The summed E-state index contributed by atoms with van der Waals surface area (Å²) >= 11 is 0. The monoisotopic (exact) mass is 345 g/mol. The summed E-state index contributed by atoms with van der Waals surface area (Å²) in [7, 11) is 0. The molecular formula is C21H19N3O2. The van der Waals surface area contributed by atoms with Crippen LogP contribution >= 0.6 is 0 Å². The van der Waals surface area contributed by atoms with Gasteiger partial charge in [-0.2, -0.15) is 5.26 Å². The normalized spacial score (nSPS) is 10.7. The summed E-state index contributed by atoms with van der Waals surface area (Å²) in [6, 6.07) is 17.3. The number of fused-ring (bicyclic) bond motifs is 1. The Balaban J connectivity index is 1.48. The van der Waals surface area contributed by atoms with Crippen LogP contribution in [-0.2, 0) is 11.2 Å². The zero-order chi connectivity index (χ0) is 18.2. The highest BCUT2D eigenvalue weighted by Crippen LogP contribution is 2.17. The van der Waals surface area contributed by atoms with Crippen molar-refractivity contribution in [1.29, 1.82) is 5.26 Å². The van der Waals surface area contributed by atoms with Crippen LogP contribution in [0.2, 0.25) is 0 Å². The Bertz CT molecular complexity index is 949. The van der Waals surface area contributed by atoms with E-state index >= 15 is 0 Å². The van der Waals surface area contributed by atoms with E-state index in [1.54, 1.807) is 18.2 Å². The van der Waals surface area contributed by atoms with Crippen molar-refractivity contribution < 1.29 is 9.53 Å². The number of hydrogen-bond acceptors (Lipinski definition) is 3. The Morgan fingerprint density at radius 2 is 2.00 bits per heavy atom. The number of amides is 1. The first-order chi connectivity index (χ1) is 12.8. The Hall–Kier alpha value is -3.52. The van der Waals surface area contributed by atoms with Crippen LogP contribution in [0.4, 0.5) is 0 Å². The van der Waals surface area contributed by atoms with E-state index < -0.39 is 0 Å². The molecule has 0 aliphatic heterocycles. The highest BCUT2D eigenvalue weighted by Gasteiger charge is 2.03. The average Bonchev–Trinajstić information content (AvgIpc) is 3.09. The van der Waals surface area contributed by atoms with E-state index in [1.165, 1.54) is 17.0 Å². The van der Waals surface area contributed by atoms with Crippen molar-refractivity contribution in [3.05, 3.63) is 71.9 Å². The molecule has 3 aromatic rings. The predicted octanol–water partition coefficient (Wildman–Crippen LogP) is 3.44. The molecule has 26 heavy (non-hydrogen) atoms. The molecule has 1 aromatic heterocycles. The molecule has 5 heteroatoms. The average molecular weight is 345 g/mol. The van der Waals surface area contributed by atoms with Crippen molar-refractivity contribution in [2.75, 3.05) is 13.2 Å². The van der Waals surface area contributed by atoms with Crippen LogP contribution in [0.3, 0.4) is 0 Å². The molecular weight excluding hydrogens is 326 g/mol. The number of nitrogens with zero attached hydrogens (tertiary/aromatic N) is 1. The summed E-state index contributed by atoms with van der Waals surface area (Å²) in [5.74, 6) is 0.501. The third-order valence-corrected chi connectivity index (χ3v) is 3.98. The second-order valence-electron chi connectivity index (χ2n) is 5.75. The molecule has 0 aliphatic carbocycles. The molecule has 0 bridgehead atoms. The molecule has 130 valence electrons. The Labute approximate surface area is 151 Å². The largest absolute Gasteiger partial charge is 0.479 e. The molecule has 0 saturated carbocycles. The molecule has 2 aromatic carbocycles. The lowest BCUT2D eigenvalue weighted by Gasteiger charge is -2.02. The molecule has 0 unspecified atom stereocenters. The van der Waals surface area contributed by atoms with Crippen LogP contribution in [0.15, 0.2) is 60.8 Å². The molecule has 0 atom stereocenters. The number of nitrogens with one attached hydrogen (secondary N) is 2. The fourth-order valence-electron chi connectivity index (χ4n) is 2.68. The van der Waals surface area contributed by atoms with Crippen LogP contribution in [0.25, 0.3) is 17.0 Å². The zero-order valence-electron chi connectivity index (χ0n) is 14.2. The van der Waals surface area contributed by atoms with Crippen molar-refractivity contribution in [3.63, 3.8) is 0 Å². The minimum Gasteiger partial charge on any atom is -0.479 e. The highest BCUT2D eigenvalue weighted by molar-refractivity contribution is 5.91. The second kappa shape index (κ2) is 8.54. The lowest BCUT2D eigenvalue weighted by molar-refractivity contribution is -0.116. The molecule has 1 heterocycles. The van der Waals surface area contributed by atoms with E-state index in [4.69, 9.17) is 10.00 Å². The molecule has 0 radical (unpaired) electrons. The molecule has 0 aliphatic rings. The fraction of sp³-hybridized carbons (Fsp3) is 0.143. The molecule has 0 fully saturated rings. The molecule has 0 spiro atoms. The maximum atomic E-state index is 12.0. The van der Waals surface area contributed by atoms with E-state index in [2.05, 4.69) is 16.4 Å². The zero-order valence-corrected chi connectivity index (χ0v) is 14.2. The number of hydrogen-bond donors (Lipinski definition) is 2. The summed E-state index contributed by atoms with van der Waals surface area (Å²) in [6.07, 6.45) is 6.02. The predicted molar refractivity (Wildman–Crippen MR) is 102 cm³/mol. The van der Waals surface area contributed by atoms with Gasteiger partial charge in [-0.15, -0.1) is 0 Å². The number of para-hydroxylation sites is 1. The fourth-order valence-corrected chi connectivity index (χ4v) is 2.68. The first kappa shape index (κ1) is 17.3. The molecule has 0 saturated heterocycles. The smallest absolute Gasteiger partial charge is 0.244 e. The van der Waals surface area contributed by atoms with E-state index in [-0.39, 0.29) is 12.5 Å². The van der Waals surface area contributed by atoms with Gasteiger partial charge in [0.15, 0.2) is 6.61 Å². The number of rotatable bonds is 7. The Kier molecular flexibility index (Phi) is 5.69. The quantitative estimate of drug-likeness (QED) is 0.644. The van der Waals surface area contributed by atoms with Crippen molar-refractivity contribution in [3.8, 4) is 11.8 Å².